The second kappa shape index (κ2) is 8.71. The zero-order valence-electron chi connectivity index (χ0n) is 18.7. The molecule has 1 fully saturated rings. The SMILES string of the molecule is CCOc1cc([C@H]2C(=C(O)c3ccc(C)cc3)C(=O)C(=O)N2c2nc(C)c(C)s2)ccc1O. The average Bonchev–Trinajstić information content (AvgIpc) is 3.25. The maximum absolute atomic E-state index is 13.2. The molecule has 0 saturated carbocycles. The van der Waals surface area contributed by atoms with E-state index in [0.29, 0.717) is 22.9 Å². The van der Waals surface area contributed by atoms with E-state index in [1.165, 1.54) is 22.3 Å². The fraction of sp³-hybridized carbons (Fsp3) is 0.240. The molecule has 1 atom stereocenters. The first-order valence-corrected chi connectivity index (χ1v) is 11.3. The Morgan fingerprint density at radius 3 is 2.42 bits per heavy atom. The number of Topliss-reactive ketones (excluding diaryl/α,β-unsaturated/α-hetero) is 1. The zero-order chi connectivity index (χ0) is 23.9. The lowest BCUT2D eigenvalue weighted by atomic mass is 9.95. The lowest BCUT2D eigenvalue weighted by Crippen LogP contribution is -2.29. The monoisotopic (exact) mass is 464 g/mol. The fourth-order valence-corrected chi connectivity index (χ4v) is 4.68. The van der Waals surface area contributed by atoms with E-state index >= 15 is 0 Å². The molecule has 2 N–H and O–H groups in total. The molecule has 2 aromatic carbocycles. The smallest absolute Gasteiger partial charge is 0.301 e. The molecule has 0 spiro atoms. The molecule has 0 unspecified atom stereocenters. The molecule has 4 rings (SSSR count). The number of carbonyl (C=O) groups excluding carboxylic acids is 2. The summed E-state index contributed by atoms with van der Waals surface area (Å²) in [6.45, 7) is 7.76. The molecule has 170 valence electrons. The van der Waals surface area contributed by atoms with Crippen LogP contribution in [0.1, 0.15) is 40.2 Å². The first-order valence-electron chi connectivity index (χ1n) is 10.5. The Bertz CT molecular complexity index is 1260. The summed E-state index contributed by atoms with van der Waals surface area (Å²) >= 11 is 1.30. The Hall–Kier alpha value is -3.65. The summed E-state index contributed by atoms with van der Waals surface area (Å²) in [5, 5.41) is 21.7. The number of aliphatic hydroxyl groups excluding tert-OH is 1. The highest BCUT2D eigenvalue weighted by Gasteiger charge is 2.48. The van der Waals surface area contributed by atoms with Crippen molar-refractivity contribution in [1.29, 1.82) is 0 Å². The number of nitrogens with zero attached hydrogens (tertiary/aromatic N) is 2. The second-order valence-electron chi connectivity index (χ2n) is 7.83. The first-order chi connectivity index (χ1) is 15.7. The molecule has 33 heavy (non-hydrogen) atoms. The van der Waals surface area contributed by atoms with Gasteiger partial charge < -0.3 is 14.9 Å². The van der Waals surface area contributed by atoms with E-state index in [2.05, 4.69) is 4.98 Å². The van der Waals surface area contributed by atoms with Gasteiger partial charge in [-0.3, -0.25) is 14.5 Å². The highest BCUT2D eigenvalue weighted by atomic mass is 32.1. The molecule has 1 aliphatic rings. The third kappa shape index (κ3) is 3.98. The number of hydrogen-bond donors (Lipinski definition) is 2. The highest BCUT2D eigenvalue weighted by molar-refractivity contribution is 7.16. The van der Waals surface area contributed by atoms with Crippen molar-refractivity contribution in [2.75, 3.05) is 11.5 Å². The van der Waals surface area contributed by atoms with Crippen molar-refractivity contribution in [3.8, 4) is 11.5 Å². The van der Waals surface area contributed by atoms with Gasteiger partial charge in [0.2, 0.25) is 0 Å². The van der Waals surface area contributed by atoms with Crippen LogP contribution >= 0.6 is 11.3 Å². The number of phenolic OH excluding ortho intramolecular Hbond substituents is 1. The van der Waals surface area contributed by atoms with Crippen LogP contribution in [0.5, 0.6) is 11.5 Å². The number of thiazole rings is 1. The third-order valence-corrected chi connectivity index (χ3v) is 6.66. The summed E-state index contributed by atoms with van der Waals surface area (Å²) in [7, 11) is 0. The molecule has 0 radical (unpaired) electrons. The number of aromatic hydroxyl groups is 1. The van der Waals surface area contributed by atoms with Crippen molar-refractivity contribution in [2.24, 2.45) is 0 Å². The number of benzene rings is 2. The van der Waals surface area contributed by atoms with Crippen molar-refractivity contribution in [3.63, 3.8) is 0 Å². The molecule has 1 amide bonds. The molecule has 8 heteroatoms. The van der Waals surface area contributed by atoms with Gasteiger partial charge in [0.25, 0.3) is 5.78 Å². The molecule has 1 aliphatic heterocycles. The van der Waals surface area contributed by atoms with E-state index in [1.54, 1.807) is 31.2 Å². The van der Waals surface area contributed by atoms with Crippen LogP contribution in [-0.4, -0.2) is 33.5 Å². The summed E-state index contributed by atoms with van der Waals surface area (Å²) in [6.07, 6.45) is 0. The second-order valence-corrected chi connectivity index (χ2v) is 9.01. The Labute approximate surface area is 195 Å². The highest BCUT2D eigenvalue weighted by Crippen LogP contribution is 2.45. The summed E-state index contributed by atoms with van der Waals surface area (Å²) in [6, 6.07) is 10.8. The normalized spacial score (nSPS) is 17.6. The van der Waals surface area contributed by atoms with E-state index in [1.807, 2.05) is 32.9 Å². The number of aryl methyl sites for hydroxylation is 3. The minimum atomic E-state index is -0.934. The van der Waals surface area contributed by atoms with E-state index in [9.17, 15) is 19.8 Å². The number of aliphatic hydroxyl groups is 1. The number of ether oxygens (including phenoxy) is 1. The molecule has 2 heterocycles. The standard InChI is InChI=1S/C25H24N2O5S/c1-5-32-19-12-17(10-11-18(19)28)21-20(22(29)16-8-6-13(2)7-9-16)23(30)24(31)27(21)25-26-14(3)15(4)33-25/h6-12,21,28-29H,5H2,1-4H3/t21-/m0/s1. The number of carbonyl (C=O) groups is 2. The molecule has 0 bridgehead atoms. The maximum atomic E-state index is 13.2. The van der Waals surface area contributed by atoms with Crippen molar-refractivity contribution in [3.05, 3.63) is 75.3 Å². The summed E-state index contributed by atoms with van der Waals surface area (Å²) in [4.78, 5) is 33.1. The predicted octanol–water partition coefficient (Wildman–Crippen LogP) is 4.80. The van der Waals surface area contributed by atoms with Gasteiger partial charge in [-0.1, -0.05) is 35.9 Å². The Balaban J connectivity index is 1.96. The van der Waals surface area contributed by atoms with E-state index < -0.39 is 17.7 Å². The lowest BCUT2D eigenvalue weighted by Gasteiger charge is -2.23. The zero-order valence-corrected chi connectivity index (χ0v) is 19.6. The number of hydrogen-bond acceptors (Lipinski definition) is 7. The maximum Gasteiger partial charge on any atom is 0.301 e. The van der Waals surface area contributed by atoms with Gasteiger partial charge in [0.15, 0.2) is 16.6 Å². The molecule has 1 aromatic heterocycles. The van der Waals surface area contributed by atoms with Gasteiger partial charge in [0.05, 0.1) is 23.9 Å². The van der Waals surface area contributed by atoms with Gasteiger partial charge in [0.1, 0.15) is 5.76 Å². The van der Waals surface area contributed by atoms with Crippen molar-refractivity contribution in [1.82, 2.24) is 4.98 Å². The third-order valence-electron chi connectivity index (χ3n) is 5.59. The average molecular weight is 465 g/mol. The van der Waals surface area contributed by atoms with Gasteiger partial charge in [0, 0.05) is 10.4 Å². The number of anilines is 1. The van der Waals surface area contributed by atoms with Gasteiger partial charge in [-0.25, -0.2) is 4.98 Å². The summed E-state index contributed by atoms with van der Waals surface area (Å²) < 4.78 is 5.52. The molecule has 3 aromatic rings. The van der Waals surface area contributed by atoms with Crippen LogP contribution in [0.4, 0.5) is 5.13 Å². The topological polar surface area (TPSA) is 100.0 Å². The number of ketones is 1. The van der Waals surface area contributed by atoms with Crippen LogP contribution in [0.25, 0.3) is 5.76 Å². The van der Waals surface area contributed by atoms with Gasteiger partial charge in [-0.2, -0.15) is 0 Å². The van der Waals surface area contributed by atoms with E-state index in [0.717, 1.165) is 16.1 Å². The molecule has 0 aliphatic carbocycles. The number of rotatable bonds is 5. The van der Waals surface area contributed by atoms with Gasteiger partial charge >= 0.3 is 5.91 Å². The van der Waals surface area contributed by atoms with Crippen molar-refractivity contribution in [2.45, 2.75) is 33.7 Å². The molecule has 1 saturated heterocycles. The first kappa shape index (κ1) is 22.5. The van der Waals surface area contributed by atoms with Crippen LogP contribution in [0, 0.1) is 20.8 Å². The summed E-state index contributed by atoms with van der Waals surface area (Å²) in [5.74, 6) is -1.67. The predicted molar refractivity (Wildman–Crippen MR) is 127 cm³/mol. The largest absolute Gasteiger partial charge is 0.507 e. The quantitative estimate of drug-likeness (QED) is 0.320. The van der Waals surface area contributed by atoms with Crippen LogP contribution in [0.2, 0.25) is 0 Å². The summed E-state index contributed by atoms with van der Waals surface area (Å²) in [5.41, 5.74) is 2.66. The van der Waals surface area contributed by atoms with Crippen LogP contribution in [0.15, 0.2) is 48.0 Å². The van der Waals surface area contributed by atoms with Crippen molar-refractivity contribution >= 4 is 33.9 Å². The number of phenols is 1. The van der Waals surface area contributed by atoms with Crippen LogP contribution in [0.3, 0.4) is 0 Å². The Morgan fingerprint density at radius 2 is 1.82 bits per heavy atom. The van der Waals surface area contributed by atoms with Crippen LogP contribution < -0.4 is 9.64 Å². The molecular weight excluding hydrogens is 440 g/mol. The minimum Gasteiger partial charge on any atom is -0.507 e. The van der Waals surface area contributed by atoms with Gasteiger partial charge in [-0.05, 0) is 45.4 Å². The van der Waals surface area contributed by atoms with Crippen LogP contribution in [-0.2, 0) is 9.59 Å². The molecule has 7 nitrogen and oxygen atoms in total. The Morgan fingerprint density at radius 1 is 1.12 bits per heavy atom. The minimum absolute atomic E-state index is 0.0394. The van der Waals surface area contributed by atoms with E-state index in [-0.39, 0.29) is 22.8 Å². The molecular formula is C25H24N2O5S. The Kier molecular flexibility index (Phi) is 5.95. The van der Waals surface area contributed by atoms with E-state index in [4.69, 9.17) is 4.74 Å². The number of amides is 1. The van der Waals surface area contributed by atoms with Gasteiger partial charge in [-0.15, -0.1) is 11.3 Å². The lowest BCUT2D eigenvalue weighted by molar-refractivity contribution is -0.132. The van der Waals surface area contributed by atoms with Crippen molar-refractivity contribution < 1.29 is 24.5 Å². The number of aromatic nitrogens is 1. The fourth-order valence-electron chi connectivity index (χ4n) is 3.74.